The molecule has 0 fully saturated rings. The van der Waals surface area contributed by atoms with Gasteiger partial charge in [-0.15, -0.1) is 0 Å². The van der Waals surface area contributed by atoms with Gasteiger partial charge < -0.3 is 10.1 Å². The van der Waals surface area contributed by atoms with E-state index in [1.165, 1.54) is 30.6 Å². The van der Waals surface area contributed by atoms with Gasteiger partial charge in [-0.05, 0) is 48.9 Å². The molecule has 142 valence electrons. The maximum absolute atomic E-state index is 12.2. The fraction of sp³-hybridized carbons (Fsp3) is 0.222. The lowest BCUT2D eigenvalue weighted by Crippen LogP contribution is -2.27. The second kappa shape index (κ2) is 8.03. The molecule has 0 radical (unpaired) electrons. The first-order valence-electron chi connectivity index (χ1n) is 8.18. The van der Waals surface area contributed by atoms with Crippen LogP contribution in [0, 0.1) is 6.92 Å². The van der Waals surface area contributed by atoms with Gasteiger partial charge in [0.25, 0.3) is 0 Å². The number of sulfonamides is 1. The van der Waals surface area contributed by atoms with Crippen molar-refractivity contribution in [1.29, 1.82) is 0 Å². The molecule has 2 N–H and O–H groups in total. The zero-order valence-electron chi connectivity index (χ0n) is 14.9. The minimum Gasteiger partial charge on any atom is -0.497 e. The summed E-state index contributed by atoms with van der Waals surface area (Å²) in [4.78, 5) is 16.5. The number of hydrogen-bond donors (Lipinski definition) is 2. The SMILES string of the molecule is COc1ccc(S(=O)(=O)NCCC(=O)Nc2nc3ccc(C)cc3s2)cc1. The number of nitrogens with one attached hydrogen (secondary N) is 2. The first-order valence-corrected chi connectivity index (χ1v) is 10.5. The number of aryl methyl sites for hydroxylation is 1. The van der Waals surface area contributed by atoms with Gasteiger partial charge in [-0.1, -0.05) is 17.4 Å². The minimum absolute atomic E-state index is 0.00430. The van der Waals surface area contributed by atoms with Crippen molar-refractivity contribution in [3.63, 3.8) is 0 Å². The molecule has 0 spiro atoms. The number of fused-ring (bicyclic) bond motifs is 1. The highest BCUT2D eigenvalue weighted by Gasteiger charge is 2.15. The van der Waals surface area contributed by atoms with Gasteiger partial charge >= 0.3 is 0 Å². The van der Waals surface area contributed by atoms with Crippen molar-refractivity contribution >= 4 is 42.6 Å². The van der Waals surface area contributed by atoms with Gasteiger partial charge in [0.1, 0.15) is 5.75 Å². The van der Waals surface area contributed by atoms with E-state index in [1.807, 2.05) is 25.1 Å². The first-order chi connectivity index (χ1) is 12.9. The van der Waals surface area contributed by atoms with E-state index in [0.29, 0.717) is 10.9 Å². The Morgan fingerprint density at radius 3 is 2.63 bits per heavy atom. The van der Waals surface area contributed by atoms with Crippen molar-refractivity contribution in [3.05, 3.63) is 48.0 Å². The molecule has 1 heterocycles. The molecule has 0 aliphatic heterocycles. The summed E-state index contributed by atoms with van der Waals surface area (Å²) in [5.74, 6) is 0.266. The average Bonchev–Trinajstić information content (AvgIpc) is 3.02. The third-order valence-electron chi connectivity index (χ3n) is 3.80. The number of amides is 1. The number of rotatable bonds is 7. The van der Waals surface area contributed by atoms with Gasteiger partial charge in [-0.2, -0.15) is 0 Å². The van der Waals surface area contributed by atoms with Gasteiger partial charge in [-0.25, -0.2) is 18.1 Å². The van der Waals surface area contributed by atoms with E-state index in [0.717, 1.165) is 15.8 Å². The van der Waals surface area contributed by atoms with Crippen molar-refractivity contribution in [2.45, 2.75) is 18.2 Å². The predicted octanol–water partition coefficient (Wildman–Crippen LogP) is 2.92. The summed E-state index contributed by atoms with van der Waals surface area (Å²) in [6, 6.07) is 11.9. The van der Waals surface area contributed by atoms with Crippen molar-refractivity contribution in [1.82, 2.24) is 9.71 Å². The number of aromatic nitrogens is 1. The van der Waals surface area contributed by atoms with Crippen LogP contribution >= 0.6 is 11.3 Å². The van der Waals surface area contributed by atoms with Gasteiger partial charge in [0.2, 0.25) is 15.9 Å². The highest BCUT2D eigenvalue weighted by atomic mass is 32.2. The molecule has 7 nitrogen and oxygen atoms in total. The number of methoxy groups -OCH3 is 1. The third kappa shape index (κ3) is 4.82. The highest BCUT2D eigenvalue weighted by Crippen LogP contribution is 2.26. The van der Waals surface area contributed by atoms with Gasteiger partial charge in [0, 0.05) is 13.0 Å². The molecule has 0 aliphatic rings. The molecular formula is C18H19N3O4S2. The topological polar surface area (TPSA) is 97.4 Å². The van der Waals surface area contributed by atoms with E-state index in [-0.39, 0.29) is 23.8 Å². The molecule has 0 saturated heterocycles. The fourth-order valence-corrected chi connectivity index (χ4v) is 4.42. The number of carbonyl (C=O) groups excluding carboxylic acids is 1. The van der Waals surface area contributed by atoms with Crippen molar-refractivity contribution in [2.75, 3.05) is 19.0 Å². The lowest BCUT2D eigenvalue weighted by atomic mass is 10.2. The quantitative estimate of drug-likeness (QED) is 0.630. The number of nitrogens with zero attached hydrogens (tertiary/aromatic N) is 1. The second-order valence-electron chi connectivity index (χ2n) is 5.86. The molecule has 1 aromatic heterocycles. The summed E-state index contributed by atoms with van der Waals surface area (Å²) >= 11 is 1.39. The molecule has 0 atom stereocenters. The van der Waals surface area contributed by atoms with Crippen LogP contribution in [-0.4, -0.2) is 33.0 Å². The molecule has 3 aromatic rings. The number of anilines is 1. The smallest absolute Gasteiger partial charge is 0.240 e. The maximum atomic E-state index is 12.2. The van der Waals surface area contributed by atoms with E-state index in [1.54, 1.807) is 12.1 Å². The Morgan fingerprint density at radius 2 is 1.93 bits per heavy atom. The lowest BCUT2D eigenvalue weighted by Gasteiger charge is -2.07. The molecule has 0 unspecified atom stereocenters. The molecule has 1 amide bonds. The van der Waals surface area contributed by atoms with Crippen LogP contribution in [0.2, 0.25) is 0 Å². The first kappa shape index (κ1) is 19.3. The lowest BCUT2D eigenvalue weighted by molar-refractivity contribution is -0.116. The summed E-state index contributed by atoms with van der Waals surface area (Å²) < 4.78 is 32.9. The summed E-state index contributed by atoms with van der Waals surface area (Å²) in [5.41, 5.74) is 1.94. The zero-order chi connectivity index (χ0) is 19.4. The molecular weight excluding hydrogens is 386 g/mol. The van der Waals surface area contributed by atoms with E-state index >= 15 is 0 Å². The van der Waals surface area contributed by atoms with E-state index in [2.05, 4.69) is 15.0 Å². The summed E-state index contributed by atoms with van der Waals surface area (Å²) in [6.07, 6.45) is 0.00430. The molecule has 0 saturated carbocycles. The van der Waals surface area contributed by atoms with E-state index in [4.69, 9.17) is 4.74 Å². The molecule has 27 heavy (non-hydrogen) atoms. The van der Waals surface area contributed by atoms with Gasteiger partial charge in [-0.3, -0.25) is 4.79 Å². The Balaban J connectivity index is 1.54. The monoisotopic (exact) mass is 405 g/mol. The Kier molecular flexibility index (Phi) is 5.73. The van der Waals surface area contributed by atoms with Crippen LogP contribution < -0.4 is 14.8 Å². The standard InChI is InChI=1S/C18H19N3O4S2/c1-12-3-8-15-16(11-12)26-18(20-15)21-17(22)9-10-19-27(23,24)14-6-4-13(25-2)5-7-14/h3-8,11,19H,9-10H2,1-2H3,(H,20,21,22). The molecule has 0 bridgehead atoms. The average molecular weight is 406 g/mol. The van der Waals surface area contributed by atoms with Crippen LogP contribution in [0.25, 0.3) is 10.2 Å². The van der Waals surface area contributed by atoms with Crippen LogP contribution in [0.15, 0.2) is 47.4 Å². The predicted molar refractivity (Wildman–Crippen MR) is 106 cm³/mol. The van der Waals surface area contributed by atoms with Gasteiger partial charge in [0.15, 0.2) is 5.13 Å². The Bertz CT molecular complexity index is 1060. The van der Waals surface area contributed by atoms with Crippen molar-refractivity contribution in [3.8, 4) is 5.75 Å². The number of thiazole rings is 1. The number of benzene rings is 2. The van der Waals surface area contributed by atoms with Crippen molar-refractivity contribution < 1.29 is 17.9 Å². The van der Waals surface area contributed by atoms with E-state index in [9.17, 15) is 13.2 Å². The maximum Gasteiger partial charge on any atom is 0.240 e. The van der Waals surface area contributed by atoms with Gasteiger partial charge in [0.05, 0.1) is 22.2 Å². The van der Waals surface area contributed by atoms with Crippen LogP contribution in [0.4, 0.5) is 5.13 Å². The Hall–Kier alpha value is -2.49. The molecule has 9 heteroatoms. The molecule has 3 rings (SSSR count). The normalized spacial score (nSPS) is 11.5. The summed E-state index contributed by atoms with van der Waals surface area (Å²) in [7, 11) is -2.17. The summed E-state index contributed by atoms with van der Waals surface area (Å²) in [6.45, 7) is 1.98. The second-order valence-corrected chi connectivity index (χ2v) is 8.66. The fourth-order valence-electron chi connectivity index (χ4n) is 2.40. The van der Waals surface area contributed by atoms with Crippen LogP contribution in [0.5, 0.6) is 5.75 Å². The van der Waals surface area contributed by atoms with Crippen LogP contribution in [-0.2, 0) is 14.8 Å². The van der Waals surface area contributed by atoms with Crippen LogP contribution in [0.1, 0.15) is 12.0 Å². The Morgan fingerprint density at radius 1 is 1.19 bits per heavy atom. The number of hydrogen-bond acceptors (Lipinski definition) is 6. The number of ether oxygens (including phenoxy) is 1. The molecule has 2 aromatic carbocycles. The third-order valence-corrected chi connectivity index (χ3v) is 6.21. The minimum atomic E-state index is -3.68. The summed E-state index contributed by atoms with van der Waals surface area (Å²) in [5, 5.41) is 3.21. The van der Waals surface area contributed by atoms with Crippen molar-refractivity contribution in [2.24, 2.45) is 0 Å². The Labute approximate surface area is 161 Å². The number of carbonyl (C=O) groups is 1. The highest BCUT2D eigenvalue weighted by molar-refractivity contribution is 7.89. The van der Waals surface area contributed by atoms with Crippen LogP contribution in [0.3, 0.4) is 0 Å². The molecule has 0 aliphatic carbocycles. The largest absolute Gasteiger partial charge is 0.497 e. The van der Waals surface area contributed by atoms with E-state index < -0.39 is 10.0 Å². The zero-order valence-corrected chi connectivity index (χ0v) is 16.5.